The number of carbonyl (C=O) groups excluding carboxylic acids is 1. The maximum absolute atomic E-state index is 9.44. The van der Waals surface area contributed by atoms with Crippen molar-refractivity contribution in [2.75, 3.05) is 0 Å². The summed E-state index contributed by atoms with van der Waals surface area (Å²) in [4.78, 5) is 9.44. The predicted molar refractivity (Wildman–Crippen MR) is 130 cm³/mol. The highest BCUT2D eigenvalue weighted by Crippen LogP contribution is 1.97. The molecule has 26 heavy (non-hydrogen) atoms. The van der Waals surface area contributed by atoms with E-state index in [1.807, 2.05) is 48.5 Å². The van der Waals surface area contributed by atoms with Crippen LogP contribution in [0, 0.1) is 0 Å². The van der Waals surface area contributed by atoms with Crippen molar-refractivity contribution in [2.24, 2.45) is 0 Å². The molecule has 0 spiro atoms. The van der Waals surface area contributed by atoms with Gasteiger partial charge in [-0.05, 0) is 90.0 Å². The molecule has 0 aliphatic heterocycles. The van der Waals surface area contributed by atoms with Crippen molar-refractivity contribution >= 4 is 5.78 Å². The second-order valence-corrected chi connectivity index (χ2v) is 6.69. The summed E-state index contributed by atoms with van der Waals surface area (Å²) < 4.78 is 0. The first kappa shape index (κ1) is 44.2. The minimum atomic E-state index is 0. The number of carbonyl (C=O) groups is 1. The van der Waals surface area contributed by atoms with Crippen molar-refractivity contribution in [3.63, 3.8) is 0 Å². The molecule has 0 rings (SSSR count). The van der Waals surface area contributed by atoms with E-state index in [4.69, 9.17) is 0 Å². The fourth-order valence-corrected chi connectivity index (χ4v) is 0. The molecule has 160 valence electrons. The maximum Gasteiger partial charge on any atom is 0.126 e. The third kappa shape index (κ3) is 494. The van der Waals surface area contributed by atoms with Crippen LogP contribution >= 0.6 is 0 Å². The van der Waals surface area contributed by atoms with E-state index >= 15 is 0 Å². The minimum Gasteiger partial charge on any atom is -0.300 e. The molecular weight excluding hydrogens is 316 g/mol. The number of hydrogen-bond acceptors (Lipinski definition) is 1. The molecule has 0 unspecified atom stereocenters. The van der Waals surface area contributed by atoms with Crippen LogP contribution in [0.15, 0.2) is 47.1 Å². The van der Waals surface area contributed by atoms with Crippen molar-refractivity contribution in [1.29, 1.82) is 0 Å². The topological polar surface area (TPSA) is 17.1 Å². The molecule has 0 amide bonds. The van der Waals surface area contributed by atoms with E-state index in [0.717, 1.165) is 0 Å². The van der Waals surface area contributed by atoms with Crippen molar-refractivity contribution in [1.82, 2.24) is 0 Å². The Morgan fingerprint density at radius 2 is 0.692 bits per heavy atom. The SMILES string of the molecule is C.C=C(C)C.C=C(C)C.CC.CC(C)=C(C)C.CC(C)=O.CC=C(C)C. The highest BCUT2D eigenvalue weighted by molar-refractivity contribution is 5.72. The summed E-state index contributed by atoms with van der Waals surface area (Å²) in [6.07, 6.45) is 2.08. The quantitative estimate of drug-likeness (QED) is 0.388. The van der Waals surface area contributed by atoms with Gasteiger partial charge in [0.25, 0.3) is 0 Å². The molecule has 0 saturated carbocycles. The van der Waals surface area contributed by atoms with Gasteiger partial charge in [0.05, 0.1) is 0 Å². The Kier molecular flexibility index (Phi) is 66.3. The van der Waals surface area contributed by atoms with Gasteiger partial charge in [-0.2, -0.15) is 0 Å². The zero-order chi connectivity index (χ0) is 22.2. The Labute approximate surface area is 169 Å². The molecule has 0 aliphatic rings. The number of hydrogen-bond donors (Lipinski definition) is 0. The number of rotatable bonds is 0. The van der Waals surface area contributed by atoms with Crippen LogP contribution < -0.4 is 0 Å². The molecular formula is C25H54O. The second kappa shape index (κ2) is 38.9. The van der Waals surface area contributed by atoms with Crippen LogP contribution in [-0.2, 0) is 4.79 Å². The first-order valence-electron chi connectivity index (χ1n) is 9.03. The van der Waals surface area contributed by atoms with Crippen LogP contribution in [0.4, 0.5) is 0 Å². The van der Waals surface area contributed by atoms with Gasteiger partial charge < -0.3 is 4.79 Å². The summed E-state index contributed by atoms with van der Waals surface area (Å²) in [5, 5.41) is 0. The Morgan fingerprint density at radius 1 is 0.615 bits per heavy atom. The van der Waals surface area contributed by atoms with Crippen LogP contribution in [0.3, 0.4) is 0 Å². The highest BCUT2D eigenvalue weighted by Gasteiger charge is 1.75. The lowest BCUT2D eigenvalue weighted by Gasteiger charge is -1.88. The minimum absolute atomic E-state index is 0. The van der Waals surface area contributed by atoms with Gasteiger partial charge in [-0.1, -0.05) is 55.2 Å². The van der Waals surface area contributed by atoms with Crippen molar-refractivity contribution in [2.45, 2.75) is 111 Å². The lowest BCUT2D eigenvalue weighted by molar-refractivity contribution is -0.114. The molecule has 0 aliphatic carbocycles. The summed E-state index contributed by atoms with van der Waals surface area (Å²) in [5.41, 5.74) is 6.56. The predicted octanol–water partition coefficient (Wildman–Crippen LogP) is 9.76. The normalized spacial score (nSPS) is 6.42. The van der Waals surface area contributed by atoms with E-state index in [1.54, 1.807) is 0 Å². The average molecular weight is 371 g/mol. The lowest BCUT2D eigenvalue weighted by Crippen LogP contribution is -1.69. The largest absolute Gasteiger partial charge is 0.300 e. The first-order chi connectivity index (χ1) is 11.1. The fourth-order valence-electron chi connectivity index (χ4n) is 0. The van der Waals surface area contributed by atoms with E-state index in [0.29, 0.717) is 0 Å². The lowest BCUT2D eigenvalue weighted by atomic mass is 10.2. The van der Waals surface area contributed by atoms with Gasteiger partial charge in [0.15, 0.2) is 0 Å². The van der Waals surface area contributed by atoms with E-state index in [9.17, 15) is 4.79 Å². The molecule has 1 nitrogen and oxygen atoms in total. The smallest absolute Gasteiger partial charge is 0.126 e. The van der Waals surface area contributed by atoms with Crippen LogP contribution in [0.5, 0.6) is 0 Å². The molecule has 0 fully saturated rings. The monoisotopic (exact) mass is 370 g/mol. The summed E-state index contributed by atoms with van der Waals surface area (Å²) >= 11 is 0. The molecule has 0 radical (unpaired) electrons. The summed E-state index contributed by atoms with van der Waals surface area (Å²) in [5.74, 6) is 0.167. The van der Waals surface area contributed by atoms with E-state index in [-0.39, 0.29) is 13.2 Å². The van der Waals surface area contributed by atoms with E-state index in [1.165, 1.54) is 41.7 Å². The van der Waals surface area contributed by atoms with Crippen molar-refractivity contribution in [3.8, 4) is 0 Å². The molecule has 0 saturated heterocycles. The number of ketones is 1. The molecule has 0 aromatic heterocycles. The number of Topliss-reactive ketones (excluding diaryl/α,β-unsaturated/α-hetero) is 1. The standard InChI is InChI=1S/C6H12.C5H10.2C4H8.C3H6O.C2H6.CH4/c1-5(2)6(3)4;1-4-5(2)3;2*1-4(2)3;1-3(2)4;1-2;/h1-4H3;4H,1-3H3;2*1H2,2-3H3;1-2H3;1-2H3;1H4. The molecule has 0 aromatic rings. The Morgan fingerprint density at radius 3 is 0.692 bits per heavy atom. The second-order valence-electron chi connectivity index (χ2n) is 6.69. The van der Waals surface area contributed by atoms with Crippen LogP contribution in [-0.4, -0.2) is 5.78 Å². The third-order valence-corrected chi connectivity index (χ3v) is 1.58. The summed E-state index contributed by atoms with van der Waals surface area (Å²) in [6.45, 7) is 36.7. The average Bonchev–Trinajstić information content (AvgIpc) is 2.39. The summed E-state index contributed by atoms with van der Waals surface area (Å²) in [7, 11) is 0. The highest BCUT2D eigenvalue weighted by atomic mass is 16.1. The van der Waals surface area contributed by atoms with Crippen LogP contribution in [0.2, 0.25) is 0 Å². The third-order valence-electron chi connectivity index (χ3n) is 1.58. The van der Waals surface area contributed by atoms with Gasteiger partial charge in [0.1, 0.15) is 5.78 Å². The van der Waals surface area contributed by atoms with Gasteiger partial charge in [-0.25, -0.2) is 0 Å². The molecule has 1 heteroatoms. The van der Waals surface area contributed by atoms with Gasteiger partial charge in [0.2, 0.25) is 0 Å². The number of allylic oxidation sites excluding steroid dienone is 6. The van der Waals surface area contributed by atoms with Gasteiger partial charge in [-0.3, -0.25) is 0 Å². The Hall–Kier alpha value is -1.37. The van der Waals surface area contributed by atoms with Gasteiger partial charge in [0, 0.05) is 0 Å². The van der Waals surface area contributed by atoms with Crippen LogP contribution in [0.1, 0.15) is 111 Å². The van der Waals surface area contributed by atoms with Gasteiger partial charge >= 0.3 is 0 Å². The van der Waals surface area contributed by atoms with Crippen molar-refractivity contribution < 1.29 is 4.79 Å². The summed E-state index contributed by atoms with van der Waals surface area (Å²) in [6, 6.07) is 0. The molecule has 0 aromatic carbocycles. The van der Waals surface area contributed by atoms with Gasteiger partial charge in [-0.15, -0.1) is 13.2 Å². The molecule has 0 atom stereocenters. The fraction of sp³-hybridized carbons (Fsp3) is 0.640. The van der Waals surface area contributed by atoms with Crippen LogP contribution in [0.25, 0.3) is 0 Å². The van der Waals surface area contributed by atoms with Crippen molar-refractivity contribution in [3.05, 3.63) is 47.1 Å². The molecule has 0 heterocycles. The van der Waals surface area contributed by atoms with E-state index in [2.05, 4.69) is 60.8 Å². The first-order valence-corrected chi connectivity index (χ1v) is 9.03. The maximum atomic E-state index is 9.44. The zero-order valence-electron chi connectivity index (χ0n) is 20.4. The Bertz CT molecular complexity index is 303. The molecule has 0 N–H and O–H groups in total. The Balaban J connectivity index is -0.0000000339. The van der Waals surface area contributed by atoms with E-state index < -0.39 is 0 Å². The molecule has 0 bridgehead atoms. The zero-order valence-corrected chi connectivity index (χ0v) is 20.4.